The Kier molecular flexibility index (Phi) is 4.92. The van der Waals surface area contributed by atoms with E-state index in [1.165, 1.54) is 7.11 Å². The van der Waals surface area contributed by atoms with Crippen molar-refractivity contribution >= 4 is 17.9 Å². The van der Waals surface area contributed by atoms with Gasteiger partial charge in [-0.2, -0.15) is 15.0 Å². The van der Waals surface area contributed by atoms with Crippen molar-refractivity contribution in [1.82, 2.24) is 15.0 Å². The number of carbonyl (C=O) groups is 1. The topological polar surface area (TPSA) is 98.3 Å². The predicted molar refractivity (Wildman–Crippen MR) is 61.0 cm³/mol. The van der Waals surface area contributed by atoms with Crippen molar-refractivity contribution in [3.05, 3.63) is 0 Å². The highest BCUT2D eigenvalue weighted by Crippen LogP contribution is 2.09. The quantitative estimate of drug-likeness (QED) is 0.666. The van der Waals surface area contributed by atoms with Gasteiger partial charge in [-0.3, -0.25) is 4.79 Å². The lowest BCUT2D eigenvalue weighted by Gasteiger charge is -2.07. The Morgan fingerprint density at radius 2 is 2.00 bits per heavy atom. The van der Waals surface area contributed by atoms with Gasteiger partial charge >= 0.3 is 12.0 Å². The van der Waals surface area contributed by atoms with Crippen LogP contribution >= 0.6 is 0 Å². The summed E-state index contributed by atoms with van der Waals surface area (Å²) < 4.78 is 9.65. The van der Waals surface area contributed by atoms with Crippen molar-refractivity contribution < 1.29 is 14.3 Å². The number of nitrogens with zero attached hydrogens (tertiary/aromatic N) is 3. The second-order valence-electron chi connectivity index (χ2n) is 2.88. The number of hydrogen-bond donors (Lipinski definition) is 2. The minimum atomic E-state index is -0.377. The average molecular weight is 241 g/mol. The van der Waals surface area contributed by atoms with E-state index < -0.39 is 0 Å². The fourth-order valence-corrected chi connectivity index (χ4v) is 1.00. The number of ether oxygens (including phenoxy) is 2. The van der Waals surface area contributed by atoms with Crippen LogP contribution in [0.3, 0.4) is 0 Å². The van der Waals surface area contributed by atoms with Gasteiger partial charge in [0.05, 0.1) is 13.7 Å². The molecule has 0 amide bonds. The standard InChI is InChI=1S/C9H15N5O3/c1-4-17-6(15)5-11-8-12-7(10-2)13-9(14-8)16-3/h4-5H2,1-3H3,(H2,10,11,12,13,14). The zero-order chi connectivity index (χ0) is 12.7. The summed E-state index contributed by atoms with van der Waals surface area (Å²) in [6.07, 6.45) is 0. The molecule has 2 N–H and O–H groups in total. The fraction of sp³-hybridized carbons (Fsp3) is 0.556. The summed E-state index contributed by atoms with van der Waals surface area (Å²) in [5.74, 6) is 0.218. The van der Waals surface area contributed by atoms with E-state index in [1.807, 2.05) is 0 Å². The van der Waals surface area contributed by atoms with Crippen LogP contribution in [0.1, 0.15) is 6.92 Å². The molecule has 0 saturated carbocycles. The molecule has 0 spiro atoms. The molecule has 0 atom stereocenters. The monoisotopic (exact) mass is 241 g/mol. The lowest BCUT2D eigenvalue weighted by Crippen LogP contribution is -2.18. The molecule has 94 valence electrons. The van der Waals surface area contributed by atoms with E-state index in [2.05, 4.69) is 25.6 Å². The summed E-state index contributed by atoms with van der Waals surface area (Å²) in [6, 6.07) is 0.163. The molecule has 0 saturated heterocycles. The van der Waals surface area contributed by atoms with Crippen molar-refractivity contribution in [2.45, 2.75) is 6.92 Å². The van der Waals surface area contributed by atoms with Gasteiger partial charge in [-0.1, -0.05) is 0 Å². The largest absolute Gasteiger partial charge is 0.467 e. The SMILES string of the molecule is CCOC(=O)CNc1nc(NC)nc(OC)n1. The van der Waals surface area contributed by atoms with Gasteiger partial charge in [-0.05, 0) is 6.92 Å². The molecule has 0 unspecified atom stereocenters. The van der Waals surface area contributed by atoms with Crippen LogP contribution in [-0.4, -0.2) is 48.2 Å². The van der Waals surface area contributed by atoms with Crippen LogP contribution < -0.4 is 15.4 Å². The molecule has 17 heavy (non-hydrogen) atoms. The molecular formula is C9H15N5O3. The van der Waals surface area contributed by atoms with Crippen LogP contribution in [-0.2, 0) is 9.53 Å². The summed E-state index contributed by atoms with van der Waals surface area (Å²) in [7, 11) is 3.12. The van der Waals surface area contributed by atoms with Crippen LogP contribution in [0.5, 0.6) is 6.01 Å². The minimum Gasteiger partial charge on any atom is -0.467 e. The first-order valence-corrected chi connectivity index (χ1v) is 5.07. The second-order valence-corrected chi connectivity index (χ2v) is 2.88. The summed E-state index contributed by atoms with van der Waals surface area (Å²) in [5, 5.41) is 5.48. The van der Waals surface area contributed by atoms with Crippen molar-refractivity contribution in [2.75, 3.05) is 37.9 Å². The van der Waals surface area contributed by atoms with Crippen molar-refractivity contribution in [2.24, 2.45) is 0 Å². The molecule has 0 aromatic carbocycles. The molecule has 0 bridgehead atoms. The Labute approximate surface area is 98.8 Å². The van der Waals surface area contributed by atoms with Gasteiger partial charge in [0.1, 0.15) is 6.54 Å². The van der Waals surface area contributed by atoms with Crippen LogP contribution in [0.25, 0.3) is 0 Å². The van der Waals surface area contributed by atoms with E-state index in [0.29, 0.717) is 12.6 Å². The molecule has 0 fully saturated rings. The number of rotatable bonds is 6. The Morgan fingerprint density at radius 3 is 2.59 bits per heavy atom. The van der Waals surface area contributed by atoms with Gasteiger partial charge in [-0.25, -0.2) is 0 Å². The van der Waals surface area contributed by atoms with Gasteiger partial charge in [0.2, 0.25) is 11.9 Å². The lowest BCUT2D eigenvalue weighted by atomic mass is 10.6. The highest BCUT2D eigenvalue weighted by Gasteiger charge is 2.07. The molecule has 1 aromatic heterocycles. The maximum absolute atomic E-state index is 11.1. The van der Waals surface area contributed by atoms with Crippen molar-refractivity contribution in [3.8, 4) is 6.01 Å². The molecular weight excluding hydrogens is 226 g/mol. The number of carbonyl (C=O) groups excluding carboxylic acids is 1. The van der Waals surface area contributed by atoms with Crippen molar-refractivity contribution in [1.29, 1.82) is 0 Å². The Balaban J connectivity index is 2.66. The Hall–Kier alpha value is -2.12. The van der Waals surface area contributed by atoms with E-state index >= 15 is 0 Å². The maximum Gasteiger partial charge on any atom is 0.325 e. The third-order valence-electron chi connectivity index (χ3n) is 1.72. The first-order chi connectivity index (χ1) is 8.19. The smallest absolute Gasteiger partial charge is 0.325 e. The Bertz CT molecular complexity index is 363. The molecule has 0 aliphatic heterocycles. The van der Waals surface area contributed by atoms with Crippen LogP contribution in [0.15, 0.2) is 0 Å². The van der Waals surface area contributed by atoms with Crippen molar-refractivity contribution in [3.63, 3.8) is 0 Å². The van der Waals surface area contributed by atoms with E-state index in [-0.39, 0.29) is 24.5 Å². The van der Waals surface area contributed by atoms with E-state index in [9.17, 15) is 4.79 Å². The minimum absolute atomic E-state index is 0.00976. The van der Waals surface area contributed by atoms with Crippen LogP contribution in [0.2, 0.25) is 0 Å². The highest BCUT2D eigenvalue weighted by molar-refractivity contribution is 5.74. The molecule has 1 heterocycles. The number of anilines is 2. The zero-order valence-electron chi connectivity index (χ0n) is 9.98. The molecule has 8 nitrogen and oxygen atoms in total. The number of hydrogen-bond acceptors (Lipinski definition) is 8. The van der Waals surface area contributed by atoms with E-state index in [4.69, 9.17) is 9.47 Å². The van der Waals surface area contributed by atoms with Crippen LogP contribution in [0, 0.1) is 0 Å². The maximum atomic E-state index is 11.1. The first-order valence-electron chi connectivity index (χ1n) is 5.07. The normalized spacial score (nSPS) is 9.59. The third-order valence-corrected chi connectivity index (χ3v) is 1.72. The summed E-state index contributed by atoms with van der Waals surface area (Å²) >= 11 is 0. The summed E-state index contributed by atoms with van der Waals surface area (Å²) in [6.45, 7) is 2.07. The number of aromatic nitrogens is 3. The molecule has 0 aliphatic carbocycles. The number of nitrogens with one attached hydrogen (secondary N) is 2. The predicted octanol–water partition coefficient (Wildman–Crippen LogP) is -0.103. The first kappa shape index (κ1) is 12.9. The second kappa shape index (κ2) is 6.46. The third kappa shape index (κ3) is 4.09. The van der Waals surface area contributed by atoms with E-state index in [1.54, 1.807) is 14.0 Å². The van der Waals surface area contributed by atoms with Gasteiger partial charge in [0.25, 0.3) is 0 Å². The molecule has 1 aromatic rings. The summed E-state index contributed by atoms with van der Waals surface area (Å²) in [4.78, 5) is 23.0. The Morgan fingerprint density at radius 1 is 1.29 bits per heavy atom. The zero-order valence-corrected chi connectivity index (χ0v) is 9.98. The fourth-order valence-electron chi connectivity index (χ4n) is 1.00. The van der Waals surface area contributed by atoms with Gasteiger partial charge in [0, 0.05) is 7.05 Å². The number of methoxy groups -OCH3 is 1. The van der Waals surface area contributed by atoms with Gasteiger partial charge in [-0.15, -0.1) is 0 Å². The molecule has 0 aliphatic rings. The lowest BCUT2D eigenvalue weighted by molar-refractivity contribution is -0.140. The highest BCUT2D eigenvalue weighted by atomic mass is 16.5. The summed E-state index contributed by atoms with van der Waals surface area (Å²) in [5.41, 5.74) is 0. The van der Waals surface area contributed by atoms with E-state index in [0.717, 1.165) is 0 Å². The molecule has 0 radical (unpaired) electrons. The van der Waals surface area contributed by atoms with Crippen LogP contribution in [0.4, 0.5) is 11.9 Å². The average Bonchev–Trinajstić information content (AvgIpc) is 2.36. The molecule has 8 heteroatoms. The molecule has 1 rings (SSSR count). The number of esters is 1. The van der Waals surface area contributed by atoms with Gasteiger partial charge < -0.3 is 20.1 Å². The van der Waals surface area contributed by atoms with Gasteiger partial charge in [0.15, 0.2) is 0 Å².